The summed E-state index contributed by atoms with van der Waals surface area (Å²) in [6.45, 7) is 4.94. The van der Waals surface area contributed by atoms with Crippen molar-refractivity contribution in [2.75, 3.05) is 0 Å². The van der Waals surface area contributed by atoms with Gasteiger partial charge in [-0.2, -0.15) is 5.10 Å². The van der Waals surface area contributed by atoms with E-state index in [-0.39, 0.29) is 5.78 Å². The molecule has 0 radical (unpaired) electrons. The van der Waals surface area contributed by atoms with Crippen molar-refractivity contribution in [1.29, 1.82) is 0 Å². The molecule has 2 aliphatic rings. The minimum absolute atomic E-state index is 0.123. The lowest BCUT2D eigenvalue weighted by Crippen LogP contribution is -2.12. The second-order valence-corrected chi connectivity index (χ2v) is 5.65. The van der Waals surface area contributed by atoms with Crippen LogP contribution in [0.3, 0.4) is 0 Å². The van der Waals surface area contributed by atoms with Crippen LogP contribution < -0.4 is 0 Å². The van der Waals surface area contributed by atoms with Crippen LogP contribution in [0.5, 0.6) is 0 Å². The van der Waals surface area contributed by atoms with Gasteiger partial charge in [-0.15, -0.1) is 0 Å². The largest absolute Gasteiger partial charge is 0.293 e. The molecule has 0 aliphatic heterocycles. The highest BCUT2D eigenvalue weighted by Gasteiger charge is 2.39. The molecule has 2 aliphatic carbocycles. The van der Waals surface area contributed by atoms with Crippen LogP contribution >= 0.6 is 0 Å². The molecule has 3 heteroatoms. The number of Topliss-reactive ketones (excluding diaryl/α,β-unsaturated/α-hetero) is 1. The highest BCUT2D eigenvalue weighted by Crippen LogP contribution is 2.46. The first-order chi connectivity index (χ1) is 7.59. The lowest BCUT2D eigenvalue weighted by Gasteiger charge is -2.10. The molecule has 1 aromatic heterocycles. The first-order valence-corrected chi connectivity index (χ1v) is 6.19. The number of hydrogen-bond donors (Lipinski definition) is 0. The van der Waals surface area contributed by atoms with E-state index in [4.69, 9.17) is 0 Å². The molecule has 0 bridgehead atoms. The molecule has 0 atom stereocenters. The van der Waals surface area contributed by atoms with Crippen molar-refractivity contribution in [3.63, 3.8) is 0 Å². The molecule has 86 valence electrons. The summed E-state index contributed by atoms with van der Waals surface area (Å²) < 4.78 is 2.12. The van der Waals surface area contributed by atoms with Crippen LogP contribution in [0.2, 0.25) is 0 Å². The molecule has 1 saturated carbocycles. The van der Waals surface area contributed by atoms with Gasteiger partial charge in [-0.05, 0) is 37.5 Å². The molecule has 0 amide bonds. The Kier molecular flexibility index (Phi) is 2.00. The van der Waals surface area contributed by atoms with Crippen LogP contribution in [-0.4, -0.2) is 15.6 Å². The number of nitrogens with zero attached hydrogens (tertiary/aromatic N) is 2. The minimum Gasteiger partial charge on any atom is -0.293 e. The first kappa shape index (κ1) is 10.1. The van der Waals surface area contributed by atoms with Gasteiger partial charge >= 0.3 is 0 Å². The van der Waals surface area contributed by atoms with Crippen LogP contribution in [0.25, 0.3) is 0 Å². The Morgan fingerprint density at radius 3 is 2.81 bits per heavy atom. The van der Waals surface area contributed by atoms with Crippen LogP contribution in [0.15, 0.2) is 0 Å². The zero-order valence-corrected chi connectivity index (χ0v) is 10.0. The lowest BCUT2D eigenvalue weighted by molar-refractivity contribution is 0.101. The van der Waals surface area contributed by atoms with Crippen molar-refractivity contribution >= 4 is 5.78 Å². The second kappa shape index (κ2) is 3.19. The normalized spacial score (nSPS) is 20.9. The molecule has 0 aromatic carbocycles. The maximum atomic E-state index is 11.5. The van der Waals surface area contributed by atoms with Gasteiger partial charge in [-0.1, -0.05) is 6.92 Å². The summed E-state index contributed by atoms with van der Waals surface area (Å²) in [6.07, 6.45) is 5.94. The number of ketones is 1. The highest BCUT2D eigenvalue weighted by molar-refractivity contribution is 5.94. The van der Waals surface area contributed by atoms with Gasteiger partial charge in [0.1, 0.15) is 5.69 Å². The third kappa shape index (κ3) is 1.49. The summed E-state index contributed by atoms with van der Waals surface area (Å²) in [7, 11) is 0. The first-order valence-electron chi connectivity index (χ1n) is 6.19. The minimum atomic E-state index is 0.123. The summed E-state index contributed by atoms with van der Waals surface area (Å²) in [6, 6.07) is 0. The van der Waals surface area contributed by atoms with Gasteiger partial charge in [0, 0.05) is 24.7 Å². The van der Waals surface area contributed by atoms with Gasteiger partial charge in [-0.25, -0.2) is 0 Å². The third-order valence-corrected chi connectivity index (χ3v) is 3.98. The standard InChI is InChI=1S/C13H18N2O/c1-9(16)12-10-4-3-5-11(10)15(14-12)8-13(2)6-7-13/h3-8H2,1-2H3. The van der Waals surface area contributed by atoms with Crippen LogP contribution in [-0.2, 0) is 19.4 Å². The SMILES string of the molecule is CC(=O)c1nn(CC2(C)CC2)c2c1CCC2. The quantitative estimate of drug-likeness (QED) is 0.730. The van der Waals surface area contributed by atoms with E-state index in [1.54, 1.807) is 6.92 Å². The van der Waals surface area contributed by atoms with Gasteiger partial charge < -0.3 is 0 Å². The monoisotopic (exact) mass is 218 g/mol. The van der Waals surface area contributed by atoms with Gasteiger partial charge in [0.25, 0.3) is 0 Å². The molecular formula is C13H18N2O. The number of rotatable bonds is 3. The Bertz CT molecular complexity index is 455. The topological polar surface area (TPSA) is 34.9 Å². The number of fused-ring (bicyclic) bond motifs is 1. The van der Waals surface area contributed by atoms with E-state index in [2.05, 4.69) is 16.7 Å². The average molecular weight is 218 g/mol. The van der Waals surface area contributed by atoms with E-state index in [1.807, 2.05) is 0 Å². The van der Waals surface area contributed by atoms with E-state index < -0.39 is 0 Å². The molecule has 1 heterocycles. The third-order valence-electron chi connectivity index (χ3n) is 3.98. The lowest BCUT2D eigenvalue weighted by atomic mass is 10.1. The molecule has 3 rings (SSSR count). The van der Waals surface area contributed by atoms with Crippen LogP contribution in [0, 0.1) is 5.41 Å². The zero-order chi connectivity index (χ0) is 11.3. The van der Waals surface area contributed by atoms with Crippen LogP contribution in [0.4, 0.5) is 0 Å². The average Bonchev–Trinajstić information content (AvgIpc) is 2.65. The molecule has 3 nitrogen and oxygen atoms in total. The Morgan fingerprint density at radius 2 is 2.19 bits per heavy atom. The Labute approximate surface area is 95.8 Å². The smallest absolute Gasteiger partial charge is 0.180 e. The van der Waals surface area contributed by atoms with Gasteiger partial charge in [0.2, 0.25) is 0 Å². The second-order valence-electron chi connectivity index (χ2n) is 5.65. The number of aromatic nitrogens is 2. The van der Waals surface area contributed by atoms with Crippen molar-refractivity contribution in [3.05, 3.63) is 17.0 Å². The Balaban J connectivity index is 1.99. The summed E-state index contributed by atoms with van der Waals surface area (Å²) in [5.74, 6) is 0.123. The fourth-order valence-corrected chi connectivity index (χ4v) is 2.66. The number of carbonyl (C=O) groups excluding carboxylic acids is 1. The molecule has 0 N–H and O–H groups in total. The van der Waals surface area contributed by atoms with Crippen molar-refractivity contribution in [2.24, 2.45) is 5.41 Å². The van der Waals surface area contributed by atoms with E-state index in [1.165, 1.54) is 30.5 Å². The van der Waals surface area contributed by atoms with Crippen molar-refractivity contribution in [1.82, 2.24) is 9.78 Å². The fraction of sp³-hybridized carbons (Fsp3) is 0.692. The van der Waals surface area contributed by atoms with E-state index in [9.17, 15) is 4.79 Å². The molecule has 16 heavy (non-hydrogen) atoms. The van der Waals surface area contributed by atoms with Crippen LogP contribution in [0.1, 0.15) is 54.9 Å². The van der Waals surface area contributed by atoms with Crippen molar-refractivity contribution in [3.8, 4) is 0 Å². The van der Waals surface area contributed by atoms with E-state index >= 15 is 0 Å². The fourth-order valence-electron chi connectivity index (χ4n) is 2.66. The molecule has 1 fully saturated rings. The molecular weight excluding hydrogens is 200 g/mol. The Morgan fingerprint density at radius 1 is 1.44 bits per heavy atom. The zero-order valence-electron chi connectivity index (χ0n) is 10.0. The van der Waals surface area contributed by atoms with Crippen molar-refractivity contribution in [2.45, 2.75) is 52.5 Å². The van der Waals surface area contributed by atoms with Gasteiger partial charge in [0.15, 0.2) is 5.78 Å². The molecule has 1 aromatic rings. The molecule has 0 saturated heterocycles. The van der Waals surface area contributed by atoms with E-state index in [0.29, 0.717) is 5.41 Å². The highest BCUT2D eigenvalue weighted by atomic mass is 16.1. The van der Waals surface area contributed by atoms with Crippen molar-refractivity contribution < 1.29 is 4.79 Å². The Hall–Kier alpha value is -1.12. The summed E-state index contributed by atoms with van der Waals surface area (Å²) in [5, 5.41) is 4.52. The number of carbonyl (C=O) groups is 1. The number of hydrogen-bond acceptors (Lipinski definition) is 2. The van der Waals surface area contributed by atoms with Gasteiger partial charge in [-0.3, -0.25) is 9.48 Å². The molecule has 0 spiro atoms. The summed E-state index contributed by atoms with van der Waals surface area (Å²) >= 11 is 0. The summed E-state index contributed by atoms with van der Waals surface area (Å²) in [4.78, 5) is 11.5. The molecule has 0 unspecified atom stereocenters. The maximum Gasteiger partial charge on any atom is 0.180 e. The summed E-state index contributed by atoms with van der Waals surface area (Å²) in [5.41, 5.74) is 3.75. The predicted molar refractivity (Wildman–Crippen MR) is 61.6 cm³/mol. The van der Waals surface area contributed by atoms with E-state index in [0.717, 1.165) is 25.1 Å². The maximum absolute atomic E-state index is 11.5. The predicted octanol–water partition coefficient (Wildman–Crippen LogP) is 2.37. The van der Waals surface area contributed by atoms with Gasteiger partial charge in [0.05, 0.1) is 0 Å².